The molecule has 0 spiro atoms. The molecule has 3 heterocycles. The molecule has 1 N–H and O–H groups in total. The molecular formula is C16H15Cl2N3OS. The van der Waals surface area contributed by atoms with E-state index < -0.39 is 0 Å². The van der Waals surface area contributed by atoms with Crippen LogP contribution in [0.1, 0.15) is 6.92 Å². The molecule has 1 aromatic carbocycles. The summed E-state index contributed by atoms with van der Waals surface area (Å²) in [6.07, 6.45) is 0. The molecule has 1 aliphatic rings. The number of nitrogens with zero attached hydrogens (tertiary/aromatic N) is 2. The van der Waals surface area contributed by atoms with E-state index >= 15 is 0 Å². The highest BCUT2D eigenvalue weighted by Crippen LogP contribution is 2.39. The number of rotatable bonds is 2. The molecule has 4 rings (SSSR count). The first kappa shape index (κ1) is 15.3. The number of aromatic nitrogens is 1. The predicted octanol–water partition coefficient (Wildman–Crippen LogP) is 4.66. The third-order valence-electron chi connectivity index (χ3n) is 4.03. The number of hydrogen-bond acceptors (Lipinski definition) is 5. The van der Waals surface area contributed by atoms with Crippen LogP contribution in [0.15, 0.2) is 28.7 Å². The summed E-state index contributed by atoms with van der Waals surface area (Å²) in [5.41, 5.74) is 2.47. The van der Waals surface area contributed by atoms with Gasteiger partial charge in [-0.3, -0.25) is 0 Å². The molecule has 1 unspecified atom stereocenters. The van der Waals surface area contributed by atoms with Crippen molar-refractivity contribution in [2.75, 3.05) is 24.5 Å². The van der Waals surface area contributed by atoms with Gasteiger partial charge in [-0.2, -0.15) is 4.98 Å². The van der Waals surface area contributed by atoms with E-state index in [1.807, 2.05) is 24.3 Å². The number of hydrogen-bond donors (Lipinski definition) is 1. The number of benzene rings is 1. The first-order valence-corrected chi connectivity index (χ1v) is 9.02. The van der Waals surface area contributed by atoms with Crippen molar-refractivity contribution in [1.82, 2.24) is 10.3 Å². The van der Waals surface area contributed by atoms with Crippen LogP contribution in [-0.4, -0.2) is 30.7 Å². The molecule has 1 saturated heterocycles. The van der Waals surface area contributed by atoms with E-state index in [1.54, 1.807) is 0 Å². The quantitative estimate of drug-likeness (QED) is 0.714. The van der Waals surface area contributed by atoms with Gasteiger partial charge in [-0.1, -0.05) is 23.2 Å². The Balaban J connectivity index is 1.84. The minimum atomic E-state index is 0.340. The largest absolute Gasteiger partial charge is 0.423 e. The lowest BCUT2D eigenvalue weighted by atomic mass is 10.1. The van der Waals surface area contributed by atoms with E-state index in [9.17, 15) is 0 Å². The standard InChI is InChI=1S/C16H15Cl2N3OS/c1-9-8-19-4-5-21(9)16-20-12-7-10(17)6-11(15(12)22-16)13-2-3-14(18)23-13/h2-3,6-7,9,19H,4-5,8H2,1H3. The van der Waals surface area contributed by atoms with Crippen LogP contribution < -0.4 is 10.2 Å². The van der Waals surface area contributed by atoms with Crippen molar-refractivity contribution in [3.05, 3.63) is 33.6 Å². The van der Waals surface area contributed by atoms with E-state index in [1.165, 1.54) is 11.3 Å². The van der Waals surface area contributed by atoms with Gasteiger partial charge in [0.1, 0.15) is 5.52 Å². The summed E-state index contributed by atoms with van der Waals surface area (Å²) in [6, 6.07) is 8.60. The van der Waals surface area contributed by atoms with E-state index in [0.29, 0.717) is 17.1 Å². The summed E-state index contributed by atoms with van der Waals surface area (Å²) in [6.45, 7) is 4.89. The zero-order valence-corrected chi connectivity index (χ0v) is 14.8. The lowest BCUT2D eigenvalue weighted by molar-refractivity contribution is 0.456. The summed E-state index contributed by atoms with van der Waals surface area (Å²) in [5.74, 6) is 0. The maximum absolute atomic E-state index is 6.27. The summed E-state index contributed by atoms with van der Waals surface area (Å²) in [7, 11) is 0. The van der Waals surface area contributed by atoms with E-state index in [-0.39, 0.29) is 0 Å². The van der Waals surface area contributed by atoms with Crippen LogP contribution in [0.25, 0.3) is 21.5 Å². The lowest BCUT2D eigenvalue weighted by Crippen LogP contribution is -2.50. The molecule has 0 amide bonds. The van der Waals surface area contributed by atoms with E-state index in [0.717, 1.165) is 45.5 Å². The molecule has 1 atom stereocenters. The molecular weight excluding hydrogens is 353 g/mol. The number of oxazole rings is 1. The van der Waals surface area contributed by atoms with Gasteiger partial charge in [0.2, 0.25) is 0 Å². The topological polar surface area (TPSA) is 41.3 Å². The van der Waals surface area contributed by atoms with Gasteiger partial charge in [0.05, 0.1) is 4.34 Å². The van der Waals surface area contributed by atoms with Gasteiger partial charge in [0.25, 0.3) is 6.01 Å². The number of piperazine rings is 1. The maximum atomic E-state index is 6.27. The van der Waals surface area contributed by atoms with Gasteiger partial charge in [0, 0.05) is 41.1 Å². The molecule has 2 aromatic heterocycles. The van der Waals surface area contributed by atoms with Crippen molar-refractivity contribution >= 4 is 51.7 Å². The Kier molecular flexibility index (Phi) is 3.97. The van der Waals surface area contributed by atoms with Crippen LogP contribution in [0.5, 0.6) is 0 Å². The van der Waals surface area contributed by atoms with Crippen LogP contribution in [0.2, 0.25) is 9.36 Å². The average Bonchev–Trinajstić information content (AvgIpc) is 3.13. The molecule has 4 nitrogen and oxygen atoms in total. The fourth-order valence-electron chi connectivity index (χ4n) is 2.88. The fraction of sp³-hybridized carbons (Fsp3) is 0.312. The molecule has 7 heteroatoms. The fourth-order valence-corrected chi connectivity index (χ4v) is 4.15. The normalized spacial score (nSPS) is 18.7. The van der Waals surface area contributed by atoms with Gasteiger partial charge < -0.3 is 14.6 Å². The van der Waals surface area contributed by atoms with Crippen molar-refractivity contribution < 1.29 is 4.42 Å². The average molecular weight is 368 g/mol. The van der Waals surface area contributed by atoms with Crippen molar-refractivity contribution in [3.8, 4) is 10.4 Å². The number of thiophene rings is 1. The zero-order valence-electron chi connectivity index (χ0n) is 12.5. The Bertz CT molecular complexity index is 860. The van der Waals surface area contributed by atoms with Crippen LogP contribution in [0.4, 0.5) is 6.01 Å². The number of fused-ring (bicyclic) bond motifs is 1. The van der Waals surface area contributed by atoms with E-state index in [2.05, 4.69) is 22.1 Å². The van der Waals surface area contributed by atoms with Crippen molar-refractivity contribution in [2.24, 2.45) is 0 Å². The molecule has 3 aromatic rings. The SMILES string of the molecule is CC1CNCCN1c1nc2cc(Cl)cc(-c3ccc(Cl)s3)c2o1. The molecule has 23 heavy (non-hydrogen) atoms. The second-order valence-electron chi connectivity index (χ2n) is 5.65. The lowest BCUT2D eigenvalue weighted by Gasteiger charge is -2.32. The third kappa shape index (κ3) is 2.83. The number of halogens is 2. The first-order valence-electron chi connectivity index (χ1n) is 7.45. The highest BCUT2D eigenvalue weighted by atomic mass is 35.5. The van der Waals surface area contributed by atoms with Crippen molar-refractivity contribution in [1.29, 1.82) is 0 Å². The van der Waals surface area contributed by atoms with Crippen molar-refractivity contribution in [2.45, 2.75) is 13.0 Å². The van der Waals surface area contributed by atoms with Gasteiger partial charge in [-0.25, -0.2) is 0 Å². The van der Waals surface area contributed by atoms with E-state index in [4.69, 9.17) is 27.6 Å². The monoisotopic (exact) mass is 367 g/mol. The Morgan fingerprint density at radius 2 is 2.22 bits per heavy atom. The number of anilines is 1. The van der Waals surface area contributed by atoms with Crippen LogP contribution in [-0.2, 0) is 0 Å². The Morgan fingerprint density at radius 1 is 1.35 bits per heavy atom. The highest BCUT2D eigenvalue weighted by molar-refractivity contribution is 7.19. The van der Waals surface area contributed by atoms with Crippen LogP contribution >= 0.6 is 34.5 Å². The maximum Gasteiger partial charge on any atom is 0.298 e. The van der Waals surface area contributed by atoms with Gasteiger partial charge >= 0.3 is 0 Å². The first-order chi connectivity index (χ1) is 11.1. The Morgan fingerprint density at radius 3 is 2.96 bits per heavy atom. The van der Waals surface area contributed by atoms with Gasteiger partial charge in [-0.05, 0) is 31.2 Å². The zero-order chi connectivity index (χ0) is 16.0. The second kappa shape index (κ2) is 5.98. The number of nitrogens with one attached hydrogen (secondary N) is 1. The van der Waals surface area contributed by atoms with Gasteiger partial charge in [-0.15, -0.1) is 11.3 Å². The molecule has 120 valence electrons. The molecule has 1 aliphatic heterocycles. The second-order valence-corrected chi connectivity index (χ2v) is 7.80. The minimum Gasteiger partial charge on any atom is -0.423 e. The molecule has 0 bridgehead atoms. The van der Waals surface area contributed by atoms with Crippen LogP contribution in [0, 0.1) is 0 Å². The van der Waals surface area contributed by atoms with Gasteiger partial charge in [0.15, 0.2) is 5.58 Å². The summed E-state index contributed by atoms with van der Waals surface area (Å²) >= 11 is 13.8. The van der Waals surface area contributed by atoms with Crippen LogP contribution in [0.3, 0.4) is 0 Å². The van der Waals surface area contributed by atoms with Crippen molar-refractivity contribution in [3.63, 3.8) is 0 Å². The Labute approximate surface area is 148 Å². The predicted molar refractivity (Wildman–Crippen MR) is 97.0 cm³/mol. The Hall–Kier alpha value is -1.27. The highest BCUT2D eigenvalue weighted by Gasteiger charge is 2.24. The summed E-state index contributed by atoms with van der Waals surface area (Å²) in [4.78, 5) is 7.88. The summed E-state index contributed by atoms with van der Waals surface area (Å²) in [5, 5.41) is 4.02. The minimum absolute atomic E-state index is 0.340. The molecule has 1 fully saturated rings. The molecule has 0 saturated carbocycles. The smallest absolute Gasteiger partial charge is 0.298 e. The third-order valence-corrected chi connectivity index (χ3v) is 5.51. The summed E-state index contributed by atoms with van der Waals surface area (Å²) < 4.78 is 6.86. The molecule has 0 radical (unpaired) electrons. The molecule has 0 aliphatic carbocycles.